The van der Waals surface area contributed by atoms with E-state index in [0.29, 0.717) is 12.2 Å². The van der Waals surface area contributed by atoms with Crippen molar-refractivity contribution in [1.82, 2.24) is 9.80 Å². The molecule has 1 heterocycles. The molecule has 0 saturated heterocycles. The van der Waals surface area contributed by atoms with Crippen LogP contribution in [0.15, 0.2) is 12.4 Å². The molecule has 0 amide bonds. The highest BCUT2D eigenvalue weighted by atomic mass is 15.4. The molecule has 0 aliphatic carbocycles. The average molecular weight is 533 g/mol. The number of hydrogen-bond donors (Lipinski definition) is 0. The summed E-state index contributed by atoms with van der Waals surface area (Å²) in [5.74, 6) is 0. The van der Waals surface area contributed by atoms with Crippen LogP contribution in [0.1, 0.15) is 201 Å². The van der Waals surface area contributed by atoms with Gasteiger partial charge in [0.05, 0.1) is 0 Å². The molecule has 0 radical (unpaired) electrons. The van der Waals surface area contributed by atoms with Crippen LogP contribution in [0, 0.1) is 0 Å². The van der Waals surface area contributed by atoms with Crippen molar-refractivity contribution < 1.29 is 0 Å². The Kier molecular flexibility index (Phi) is 24.7. The monoisotopic (exact) mass is 533 g/mol. The second-order valence-electron chi connectivity index (χ2n) is 12.8. The maximum Gasteiger partial charge on any atom is 0.101 e. The fraction of sp³-hybridized carbons (Fsp3) is 0.944. The fourth-order valence-corrected chi connectivity index (χ4v) is 6.24. The van der Waals surface area contributed by atoms with Gasteiger partial charge in [0.1, 0.15) is 6.17 Å². The lowest BCUT2D eigenvalue weighted by atomic mass is 10.0. The second-order valence-corrected chi connectivity index (χ2v) is 12.8. The maximum atomic E-state index is 2.67. The Bertz CT molecular complexity index is 500. The zero-order valence-electron chi connectivity index (χ0n) is 27.0. The quantitative estimate of drug-likeness (QED) is 0.0884. The maximum absolute atomic E-state index is 2.67. The predicted octanol–water partition coefficient (Wildman–Crippen LogP) is 12.4. The van der Waals surface area contributed by atoms with E-state index in [1.54, 1.807) is 0 Å². The Hall–Kier alpha value is -0.660. The highest BCUT2D eigenvalue weighted by molar-refractivity contribution is 4.98. The first kappa shape index (κ1) is 35.4. The molecule has 0 aromatic carbocycles. The average Bonchev–Trinajstić information content (AvgIpc) is 3.32. The van der Waals surface area contributed by atoms with Gasteiger partial charge in [0.15, 0.2) is 0 Å². The minimum absolute atomic E-state index is 0.606. The largest absolute Gasteiger partial charge is 0.356 e. The van der Waals surface area contributed by atoms with E-state index in [-0.39, 0.29) is 0 Å². The van der Waals surface area contributed by atoms with E-state index >= 15 is 0 Å². The van der Waals surface area contributed by atoms with Crippen molar-refractivity contribution in [2.45, 2.75) is 213 Å². The summed E-state index contributed by atoms with van der Waals surface area (Å²) in [5, 5.41) is 0. The molecule has 0 aromatic rings. The first-order valence-electron chi connectivity index (χ1n) is 17.9. The number of nitrogens with zero attached hydrogens (tertiary/aromatic N) is 2. The van der Waals surface area contributed by atoms with Crippen molar-refractivity contribution in [2.24, 2.45) is 0 Å². The van der Waals surface area contributed by atoms with E-state index in [2.05, 4.69) is 49.9 Å². The van der Waals surface area contributed by atoms with E-state index < -0.39 is 0 Å². The van der Waals surface area contributed by atoms with Crippen molar-refractivity contribution in [3.8, 4) is 0 Å². The van der Waals surface area contributed by atoms with Gasteiger partial charge in [-0.25, -0.2) is 0 Å². The molecule has 226 valence electrons. The van der Waals surface area contributed by atoms with E-state index in [1.165, 1.54) is 180 Å². The van der Waals surface area contributed by atoms with Crippen molar-refractivity contribution in [3.05, 3.63) is 12.4 Å². The first-order valence-corrected chi connectivity index (χ1v) is 17.9. The summed E-state index contributed by atoms with van der Waals surface area (Å²) in [6.07, 6.45) is 44.2. The number of unbranched alkanes of at least 4 members (excludes halogenated alkanes) is 24. The van der Waals surface area contributed by atoms with Gasteiger partial charge in [-0.15, -0.1) is 0 Å². The Morgan fingerprint density at radius 2 is 0.789 bits per heavy atom. The summed E-state index contributed by atoms with van der Waals surface area (Å²) in [7, 11) is 0. The molecule has 0 spiro atoms. The third-order valence-electron chi connectivity index (χ3n) is 8.84. The normalized spacial score (nSPS) is 15.4. The molecule has 1 aliphatic heterocycles. The van der Waals surface area contributed by atoms with E-state index in [1.807, 2.05) is 0 Å². The van der Waals surface area contributed by atoms with Gasteiger partial charge in [-0.2, -0.15) is 0 Å². The van der Waals surface area contributed by atoms with Crippen molar-refractivity contribution in [1.29, 1.82) is 0 Å². The lowest BCUT2D eigenvalue weighted by molar-refractivity contribution is 0.114. The van der Waals surface area contributed by atoms with Crippen molar-refractivity contribution in [2.75, 3.05) is 6.54 Å². The Morgan fingerprint density at radius 3 is 1.16 bits per heavy atom. The summed E-state index contributed by atoms with van der Waals surface area (Å²) in [6, 6.07) is 0.606. The first-order chi connectivity index (χ1) is 18.7. The number of hydrogen-bond acceptors (Lipinski definition) is 2. The summed E-state index contributed by atoms with van der Waals surface area (Å²) >= 11 is 0. The van der Waals surface area contributed by atoms with Gasteiger partial charge < -0.3 is 9.80 Å². The van der Waals surface area contributed by atoms with Gasteiger partial charge in [0.2, 0.25) is 0 Å². The van der Waals surface area contributed by atoms with E-state index in [9.17, 15) is 0 Å². The third-order valence-corrected chi connectivity index (χ3v) is 8.84. The molecule has 1 aliphatic rings. The molecule has 1 unspecified atom stereocenters. The molecule has 0 fully saturated rings. The van der Waals surface area contributed by atoms with Crippen LogP contribution >= 0.6 is 0 Å². The fourth-order valence-electron chi connectivity index (χ4n) is 6.24. The Labute approximate surface area is 241 Å². The van der Waals surface area contributed by atoms with Crippen LogP contribution < -0.4 is 0 Å². The van der Waals surface area contributed by atoms with Gasteiger partial charge in [0, 0.05) is 25.0 Å². The second kappa shape index (κ2) is 26.6. The topological polar surface area (TPSA) is 6.48 Å². The molecule has 38 heavy (non-hydrogen) atoms. The van der Waals surface area contributed by atoms with Crippen molar-refractivity contribution >= 4 is 0 Å². The van der Waals surface area contributed by atoms with Crippen LogP contribution in [-0.4, -0.2) is 28.6 Å². The molecule has 1 rings (SSSR count). The number of rotatable bonds is 29. The molecule has 0 bridgehead atoms. The summed E-state index contributed by atoms with van der Waals surface area (Å²) in [6.45, 7) is 10.6. The lowest BCUT2D eigenvalue weighted by Gasteiger charge is -2.35. The minimum atomic E-state index is 0.606. The van der Waals surface area contributed by atoms with Gasteiger partial charge in [0.25, 0.3) is 0 Å². The van der Waals surface area contributed by atoms with Gasteiger partial charge in [-0.3, -0.25) is 0 Å². The van der Waals surface area contributed by atoms with Crippen LogP contribution in [0.2, 0.25) is 0 Å². The molecule has 2 nitrogen and oxygen atoms in total. The van der Waals surface area contributed by atoms with Crippen LogP contribution in [0.3, 0.4) is 0 Å². The Balaban J connectivity index is 2.02. The molecular weight excluding hydrogens is 460 g/mol. The van der Waals surface area contributed by atoms with Crippen LogP contribution in [0.4, 0.5) is 0 Å². The Morgan fingerprint density at radius 1 is 0.447 bits per heavy atom. The minimum Gasteiger partial charge on any atom is -0.356 e. The smallest absolute Gasteiger partial charge is 0.101 e. The molecule has 2 heteroatoms. The zero-order valence-corrected chi connectivity index (χ0v) is 27.0. The lowest BCUT2D eigenvalue weighted by Crippen LogP contribution is -2.42. The summed E-state index contributed by atoms with van der Waals surface area (Å²) in [4.78, 5) is 5.28. The summed E-state index contributed by atoms with van der Waals surface area (Å²) in [5.41, 5.74) is 0. The van der Waals surface area contributed by atoms with Crippen LogP contribution in [-0.2, 0) is 0 Å². The SMILES string of the molecule is CCCCCCCCCCCCCCCCC1N(CCCCCCCCCCCCCC)C=CN1C(C)C. The highest BCUT2D eigenvalue weighted by Gasteiger charge is 2.26. The van der Waals surface area contributed by atoms with Gasteiger partial charge in [-0.1, -0.05) is 168 Å². The molecular formula is C36H72N2. The van der Waals surface area contributed by atoms with E-state index in [0.717, 1.165) is 0 Å². The van der Waals surface area contributed by atoms with Crippen LogP contribution in [0.25, 0.3) is 0 Å². The van der Waals surface area contributed by atoms with Crippen molar-refractivity contribution in [3.63, 3.8) is 0 Å². The molecule has 0 aromatic heterocycles. The summed E-state index contributed by atoms with van der Waals surface area (Å²) < 4.78 is 0. The molecule has 1 atom stereocenters. The zero-order chi connectivity index (χ0) is 27.5. The van der Waals surface area contributed by atoms with Crippen LogP contribution in [0.5, 0.6) is 0 Å². The van der Waals surface area contributed by atoms with E-state index in [4.69, 9.17) is 0 Å². The highest BCUT2D eigenvalue weighted by Crippen LogP contribution is 2.25. The molecule has 0 saturated carbocycles. The predicted molar refractivity (Wildman–Crippen MR) is 173 cm³/mol. The van der Waals surface area contributed by atoms with Gasteiger partial charge >= 0.3 is 0 Å². The standard InChI is InChI=1S/C36H72N2/c1-5-7-9-11-13-15-17-19-20-21-23-25-27-29-31-36-37(33-34-38(36)35(3)4)32-30-28-26-24-22-18-16-14-12-10-8-6-2/h33-36H,5-32H2,1-4H3. The van der Waals surface area contributed by atoms with Gasteiger partial charge in [-0.05, 0) is 33.1 Å². The molecule has 0 N–H and O–H groups in total. The third kappa shape index (κ3) is 19.4.